The first-order valence-electron chi connectivity index (χ1n) is 10.4. The molecule has 0 atom stereocenters. The monoisotopic (exact) mass is 455 g/mol. The second-order valence-corrected chi connectivity index (χ2v) is 7.05. The molecule has 0 spiro atoms. The van der Waals surface area contributed by atoms with E-state index < -0.39 is 6.09 Å². The van der Waals surface area contributed by atoms with Crippen LogP contribution in [0.1, 0.15) is 0 Å². The van der Waals surface area contributed by atoms with E-state index in [0.717, 1.165) is 0 Å². The summed E-state index contributed by atoms with van der Waals surface area (Å²) in [7, 11) is 1.59. The van der Waals surface area contributed by atoms with Crippen LogP contribution in [0.2, 0.25) is 0 Å². The summed E-state index contributed by atoms with van der Waals surface area (Å²) in [4.78, 5) is 20.0. The van der Waals surface area contributed by atoms with Gasteiger partial charge < -0.3 is 18.9 Å². The van der Waals surface area contributed by atoms with Crippen LogP contribution in [0.4, 0.5) is 16.2 Å². The van der Waals surface area contributed by atoms with Crippen molar-refractivity contribution in [3.05, 3.63) is 90.4 Å². The van der Waals surface area contributed by atoms with Crippen molar-refractivity contribution in [3.8, 4) is 23.0 Å². The molecule has 0 saturated heterocycles. The average molecular weight is 455 g/mol. The highest BCUT2D eigenvalue weighted by Crippen LogP contribution is 2.37. The van der Waals surface area contributed by atoms with Gasteiger partial charge in [0.1, 0.15) is 29.6 Å². The van der Waals surface area contributed by atoms with Crippen molar-refractivity contribution in [1.29, 1.82) is 0 Å². The summed E-state index contributed by atoms with van der Waals surface area (Å²) >= 11 is 0. The number of carbonyl (C=O) groups excluding carboxylic acids is 1. The largest absolute Gasteiger partial charge is 0.502 e. The molecule has 0 saturated carbocycles. The molecule has 170 valence electrons. The highest BCUT2D eigenvalue weighted by molar-refractivity contribution is 5.91. The molecule has 0 aliphatic carbocycles. The second-order valence-electron chi connectivity index (χ2n) is 7.05. The second kappa shape index (κ2) is 10.8. The average Bonchev–Trinajstić information content (AvgIpc) is 2.85. The number of aromatic nitrogens is 1. The Labute approximate surface area is 196 Å². The van der Waals surface area contributed by atoms with E-state index >= 15 is 0 Å². The predicted octanol–water partition coefficient (Wildman–Crippen LogP) is 6.21. The number of nitrogens with one attached hydrogen (secondary N) is 1. The third-order valence-electron chi connectivity index (χ3n) is 4.73. The summed E-state index contributed by atoms with van der Waals surface area (Å²) in [5.74, 6) is 2.00. The predicted molar refractivity (Wildman–Crippen MR) is 128 cm³/mol. The lowest BCUT2D eigenvalue weighted by Gasteiger charge is -2.12. The molecule has 0 aliphatic heterocycles. The van der Waals surface area contributed by atoms with E-state index in [0.29, 0.717) is 58.5 Å². The van der Waals surface area contributed by atoms with Gasteiger partial charge in [0.2, 0.25) is 5.69 Å². The molecule has 0 fully saturated rings. The number of fused-ring (bicyclic) bond motifs is 1. The van der Waals surface area contributed by atoms with Gasteiger partial charge in [0.15, 0.2) is 0 Å². The standard InChI is InChI=1S/C26H21N3O5/c1-27-23-16-21-22(17-25(23)32-15-14-31-2)28-13-12-24(21)33-20-10-8-18(9-11-20)29-26(30)34-19-6-4-3-5-7-19/h3-13,16-17H,14-15H2,2H3,(H,29,30). The van der Waals surface area contributed by atoms with Gasteiger partial charge in [0.25, 0.3) is 0 Å². The molecule has 4 aromatic rings. The molecule has 1 heterocycles. The number of anilines is 1. The van der Waals surface area contributed by atoms with Crippen LogP contribution < -0.4 is 19.5 Å². The maximum atomic E-state index is 12.1. The van der Waals surface area contributed by atoms with Gasteiger partial charge in [-0.05, 0) is 54.6 Å². The Morgan fingerprint density at radius 1 is 0.971 bits per heavy atom. The Kier molecular flexibility index (Phi) is 7.18. The van der Waals surface area contributed by atoms with Crippen LogP contribution >= 0.6 is 0 Å². The lowest BCUT2D eigenvalue weighted by molar-refractivity contribution is 0.147. The van der Waals surface area contributed by atoms with Crippen molar-refractivity contribution in [2.24, 2.45) is 0 Å². The Hall–Kier alpha value is -4.61. The van der Waals surface area contributed by atoms with Crippen molar-refractivity contribution in [2.75, 3.05) is 25.6 Å². The Morgan fingerprint density at radius 2 is 1.76 bits per heavy atom. The van der Waals surface area contributed by atoms with Crippen LogP contribution in [-0.4, -0.2) is 31.4 Å². The molecule has 4 rings (SSSR count). The molecule has 34 heavy (non-hydrogen) atoms. The van der Waals surface area contributed by atoms with Gasteiger partial charge in [-0.1, -0.05) is 18.2 Å². The number of nitrogens with zero attached hydrogens (tertiary/aromatic N) is 2. The lowest BCUT2D eigenvalue weighted by Crippen LogP contribution is -2.16. The first-order valence-corrected chi connectivity index (χ1v) is 10.4. The van der Waals surface area contributed by atoms with Gasteiger partial charge in [0.05, 0.1) is 18.7 Å². The molecule has 0 bridgehead atoms. The zero-order valence-corrected chi connectivity index (χ0v) is 18.4. The van der Waals surface area contributed by atoms with Crippen LogP contribution in [0, 0.1) is 6.57 Å². The molecule has 0 unspecified atom stereocenters. The molecular formula is C26H21N3O5. The van der Waals surface area contributed by atoms with Gasteiger partial charge in [-0.3, -0.25) is 10.3 Å². The summed E-state index contributed by atoms with van der Waals surface area (Å²) in [6, 6.07) is 20.8. The fraction of sp³-hybridized carbons (Fsp3) is 0.115. The maximum absolute atomic E-state index is 12.1. The maximum Gasteiger partial charge on any atom is 0.417 e. The minimum absolute atomic E-state index is 0.333. The quantitative estimate of drug-likeness (QED) is 0.251. The van der Waals surface area contributed by atoms with Crippen molar-refractivity contribution in [1.82, 2.24) is 4.98 Å². The van der Waals surface area contributed by atoms with Crippen molar-refractivity contribution in [3.63, 3.8) is 0 Å². The zero-order valence-electron chi connectivity index (χ0n) is 18.4. The molecule has 0 radical (unpaired) electrons. The van der Waals surface area contributed by atoms with Crippen molar-refractivity contribution in [2.45, 2.75) is 0 Å². The molecule has 1 amide bonds. The van der Waals surface area contributed by atoms with E-state index in [-0.39, 0.29) is 0 Å². The smallest absolute Gasteiger partial charge is 0.417 e. The summed E-state index contributed by atoms with van der Waals surface area (Å²) in [6.07, 6.45) is 1.04. The summed E-state index contributed by atoms with van der Waals surface area (Å²) < 4.78 is 21.9. The molecule has 3 aromatic carbocycles. The lowest BCUT2D eigenvalue weighted by atomic mass is 10.1. The molecule has 8 nitrogen and oxygen atoms in total. The number of ether oxygens (including phenoxy) is 4. The third-order valence-corrected chi connectivity index (χ3v) is 4.73. The highest BCUT2D eigenvalue weighted by atomic mass is 16.6. The van der Waals surface area contributed by atoms with E-state index in [2.05, 4.69) is 15.1 Å². The van der Waals surface area contributed by atoms with E-state index in [1.54, 1.807) is 80.0 Å². The molecule has 8 heteroatoms. The highest BCUT2D eigenvalue weighted by Gasteiger charge is 2.12. The fourth-order valence-corrected chi connectivity index (χ4v) is 3.14. The van der Waals surface area contributed by atoms with Crippen LogP contribution in [0.3, 0.4) is 0 Å². The van der Waals surface area contributed by atoms with Crippen molar-refractivity contribution >= 4 is 28.4 Å². The van der Waals surface area contributed by atoms with Crippen molar-refractivity contribution < 1.29 is 23.7 Å². The van der Waals surface area contributed by atoms with Crippen LogP contribution in [-0.2, 0) is 4.74 Å². The number of hydrogen-bond acceptors (Lipinski definition) is 6. The first-order chi connectivity index (χ1) is 16.7. The number of para-hydroxylation sites is 1. The summed E-state index contributed by atoms with van der Waals surface area (Å²) in [6.45, 7) is 8.24. The van der Waals surface area contributed by atoms with Crippen LogP contribution in [0.15, 0.2) is 79.0 Å². The molecular weight excluding hydrogens is 434 g/mol. The number of methoxy groups -OCH3 is 1. The fourth-order valence-electron chi connectivity index (χ4n) is 3.14. The van der Waals surface area contributed by atoms with E-state index in [1.807, 2.05) is 6.07 Å². The molecule has 1 aromatic heterocycles. The minimum atomic E-state index is -0.588. The summed E-state index contributed by atoms with van der Waals surface area (Å²) in [5, 5.41) is 3.35. The first kappa shape index (κ1) is 22.6. The van der Waals surface area contributed by atoms with E-state index in [9.17, 15) is 4.79 Å². The zero-order chi connectivity index (χ0) is 23.8. The summed E-state index contributed by atoms with van der Waals surface area (Å²) in [5.41, 5.74) is 1.55. The Bertz CT molecular complexity index is 1320. The molecule has 0 aliphatic rings. The van der Waals surface area contributed by atoms with E-state index in [1.165, 1.54) is 0 Å². The van der Waals surface area contributed by atoms with Crippen LogP contribution in [0.5, 0.6) is 23.0 Å². The number of benzene rings is 3. The van der Waals surface area contributed by atoms with E-state index in [4.69, 9.17) is 25.5 Å². The number of hydrogen-bond donors (Lipinski definition) is 1. The number of amides is 1. The topological polar surface area (TPSA) is 83.3 Å². The Morgan fingerprint density at radius 3 is 2.50 bits per heavy atom. The van der Waals surface area contributed by atoms with Gasteiger partial charge in [0, 0.05) is 24.4 Å². The SMILES string of the molecule is [C-]#[N+]c1cc2c(Oc3ccc(NC(=O)Oc4ccccc4)cc3)ccnc2cc1OCCOC. The van der Waals surface area contributed by atoms with Gasteiger partial charge >= 0.3 is 6.09 Å². The van der Waals surface area contributed by atoms with Gasteiger partial charge in [-0.2, -0.15) is 0 Å². The Balaban J connectivity index is 1.47. The molecule has 1 N–H and O–H groups in total. The van der Waals surface area contributed by atoms with Crippen LogP contribution in [0.25, 0.3) is 15.7 Å². The minimum Gasteiger partial charge on any atom is -0.502 e. The van der Waals surface area contributed by atoms with Gasteiger partial charge in [-0.25, -0.2) is 9.64 Å². The number of carbonyl (C=O) groups is 1. The number of rotatable bonds is 8. The normalized spacial score (nSPS) is 10.4. The third kappa shape index (κ3) is 5.59. The van der Waals surface area contributed by atoms with Gasteiger partial charge in [-0.15, -0.1) is 0 Å². The number of pyridine rings is 1.